The standard InChI is InChI=1S/C19H20FN5.HI/c1-21-19(23-12-15-6-2-4-8-17(15)20)24-13-16-7-3-5-9-18(16)25-11-10-22-14-25;/h2-11,14H,12-13H2,1H3,(H2,21,23,24);1H. The SMILES string of the molecule is CN=C(NCc1ccccc1F)NCc1ccccc1-n1ccnc1.I. The van der Waals surface area contributed by atoms with Gasteiger partial charge in [0.05, 0.1) is 12.0 Å². The van der Waals surface area contributed by atoms with Crippen LogP contribution in [0.1, 0.15) is 11.1 Å². The maximum atomic E-state index is 13.7. The lowest BCUT2D eigenvalue weighted by Gasteiger charge is -2.15. The van der Waals surface area contributed by atoms with Crippen LogP contribution in [0.15, 0.2) is 72.2 Å². The fourth-order valence-corrected chi connectivity index (χ4v) is 2.53. The molecular weight excluding hydrogens is 444 g/mol. The van der Waals surface area contributed by atoms with Crippen LogP contribution in [0.3, 0.4) is 0 Å². The van der Waals surface area contributed by atoms with Gasteiger partial charge in [0.2, 0.25) is 0 Å². The summed E-state index contributed by atoms with van der Waals surface area (Å²) in [6, 6.07) is 14.8. The molecule has 136 valence electrons. The molecule has 0 fully saturated rings. The topological polar surface area (TPSA) is 54.2 Å². The Hall–Kier alpha value is -2.42. The van der Waals surface area contributed by atoms with Gasteiger partial charge in [-0.05, 0) is 17.7 Å². The van der Waals surface area contributed by atoms with E-state index >= 15 is 0 Å². The van der Waals surface area contributed by atoms with Crippen molar-refractivity contribution in [3.8, 4) is 5.69 Å². The Kier molecular flexibility index (Phi) is 7.58. The molecule has 2 aromatic carbocycles. The van der Waals surface area contributed by atoms with E-state index in [0.29, 0.717) is 24.6 Å². The molecule has 1 heterocycles. The molecule has 0 saturated carbocycles. The normalized spacial score (nSPS) is 10.9. The van der Waals surface area contributed by atoms with Gasteiger partial charge < -0.3 is 15.2 Å². The summed E-state index contributed by atoms with van der Waals surface area (Å²) in [5.41, 5.74) is 2.76. The van der Waals surface area contributed by atoms with Crippen LogP contribution >= 0.6 is 24.0 Å². The Labute approximate surface area is 169 Å². The zero-order chi connectivity index (χ0) is 17.5. The molecule has 26 heavy (non-hydrogen) atoms. The summed E-state index contributed by atoms with van der Waals surface area (Å²) in [4.78, 5) is 8.29. The molecule has 0 aliphatic rings. The smallest absolute Gasteiger partial charge is 0.191 e. The van der Waals surface area contributed by atoms with E-state index in [2.05, 4.69) is 20.6 Å². The van der Waals surface area contributed by atoms with Crippen LogP contribution in [0.25, 0.3) is 5.69 Å². The number of hydrogen-bond donors (Lipinski definition) is 2. The van der Waals surface area contributed by atoms with E-state index in [0.717, 1.165) is 11.3 Å². The number of benzene rings is 2. The van der Waals surface area contributed by atoms with Gasteiger partial charge in [-0.1, -0.05) is 36.4 Å². The van der Waals surface area contributed by atoms with E-state index in [1.54, 1.807) is 31.7 Å². The van der Waals surface area contributed by atoms with E-state index in [1.165, 1.54) is 6.07 Å². The first-order chi connectivity index (χ1) is 12.3. The molecule has 1 aromatic heterocycles. The first-order valence-electron chi connectivity index (χ1n) is 8.02. The van der Waals surface area contributed by atoms with Crippen molar-refractivity contribution in [3.63, 3.8) is 0 Å². The predicted molar refractivity (Wildman–Crippen MR) is 112 cm³/mol. The van der Waals surface area contributed by atoms with Gasteiger partial charge in [0.15, 0.2) is 5.96 Å². The Morgan fingerprint density at radius 2 is 1.69 bits per heavy atom. The second kappa shape index (κ2) is 9.91. The van der Waals surface area contributed by atoms with E-state index in [1.807, 2.05) is 41.1 Å². The summed E-state index contributed by atoms with van der Waals surface area (Å²) in [5, 5.41) is 6.39. The van der Waals surface area contributed by atoms with Crippen molar-refractivity contribution in [1.29, 1.82) is 0 Å². The highest BCUT2D eigenvalue weighted by molar-refractivity contribution is 14.0. The lowest BCUT2D eigenvalue weighted by molar-refractivity contribution is 0.604. The van der Waals surface area contributed by atoms with E-state index in [-0.39, 0.29) is 29.8 Å². The van der Waals surface area contributed by atoms with Gasteiger partial charge in [0.25, 0.3) is 0 Å². The number of guanidine groups is 1. The summed E-state index contributed by atoms with van der Waals surface area (Å²) >= 11 is 0. The van der Waals surface area contributed by atoms with Gasteiger partial charge >= 0.3 is 0 Å². The van der Waals surface area contributed by atoms with Crippen molar-refractivity contribution in [1.82, 2.24) is 20.2 Å². The highest BCUT2D eigenvalue weighted by atomic mass is 127. The molecule has 0 unspecified atom stereocenters. The molecular formula is C19H21FIN5. The zero-order valence-electron chi connectivity index (χ0n) is 14.4. The molecule has 0 saturated heterocycles. The minimum absolute atomic E-state index is 0. The van der Waals surface area contributed by atoms with Gasteiger partial charge in [0, 0.05) is 38.1 Å². The summed E-state index contributed by atoms with van der Waals surface area (Å²) in [5.74, 6) is 0.389. The Morgan fingerprint density at radius 1 is 1.04 bits per heavy atom. The molecule has 3 aromatic rings. The third kappa shape index (κ3) is 5.04. The third-order valence-corrected chi connectivity index (χ3v) is 3.85. The summed E-state index contributed by atoms with van der Waals surface area (Å²) in [7, 11) is 1.69. The highest BCUT2D eigenvalue weighted by Crippen LogP contribution is 2.13. The molecule has 0 aliphatic carbocycles. The Morgan fingerprint density at radius 3 is 2.35 bits per heavy atom. The number of para-hydroxylation sites is 1. The average molecular weight is 465 g/mol. The fourth-order valence-electron chi connectivity index (χ4n) is 2.53. The molecule has 0 spiro atoms. The predicted octanol–water partition coefficient (Wildman–Crippen LogP) is 3.49. The van der Waals surface area contributed by atoms with E-state index in [4.69, 9.17) is 0 Å². The van der Waals surface area contributed by atoms with Crippen LogP contribution in [0.5, 0.6) is 0 Å². The summed E-state index contributed by atoms with van der Waals surface area (Å²) in [6.45, 7) is 0.959. The van der Waals surface area contributed by atoms with Crippen LogP contribution in [-0.4, -0.2) is 22.6 Å². The Balaban J connectivity index is 0.00000243. The molecule has 0 amide bonds. The average Bonchev–Trinajstić information content (AvgIpc) is 3.18. The number of nitrogens with zero attached hydrogens (tertiary/aromatic N) is 3. The van der Waals surface area contributed by atoms with E-state index < -0.39 is 0 Å². The van der Waals surface area contributed by atoms with Crippen molar-refractivity contribution in [2.45, 2.75) is 13.1 Å². The second-order valence-corrected chi connectivity index (χ2v) is 5.47. The van der Waals surface area contributed by atoms with Crippen molar-refractivity contribution < 1.29 is 4.39 Å². The highest BCUT2D eigenvalue weighted by Gasteiger charge is 2.06. The molecule has 0 atom stereocenters. The van der Waals surface area contributed by atoms with Gasteiger partial charge in [-0.25, -0.2) is 9.37 Å². The van der Waals surface area contributed by atoms with Crippen molar-refractivity contribution in [2.24, 2.45) is 4.99 Å². The van der Waals surface area contributed by atoms with Gasteiger partial charge in [-0.15, -0.1) is 24.0 Å². The molecule has 7 heteroatoms. The lowest BCUT2D eigenvalue weighted by Crippen LogP contribution is -2.36. The van der Waals surface area contributed by atoms with Crippen LogP contribution in [0.2, 0.25) is 0 Å². The fraction of sp³-hybridized carbons (Fsp3) is 0.158. The van der Waals surface area contributed by atoms with Crippen LogP contribution < -0.4 is 10.6 Å². The maximum Gasteiger partial charge on any atom is 0.191 e. The van der Waals surface area contributed by atoms with Gasteiger partial charge in [-0.2, -0.15) is 0 Å². The van der Waals surface area contributed by atoms with Crippen LogP contribution in [0, 0.1) is 5.82 Å². The summed E-state index contributed by atoms with van der Waals surface area (Å²) in [6.07, 6.45) is 5.42. The minimum atomic E-state index is -0.226. The van der Waals surface area contributed by atoms with Crippen molar-refractivity contribution in [2.75, 3.05) is 7.05 Å². The molecule has 0 radical (unpaired) electrons. The van der Waals surface area contributed by atoms with Crippen LogP contribution in [0.4, 0.5) is 4.39 Å². The van der Waals surface area contributed by atoms with Crippen molar-refractivity contribution in [3.05, 3.63) is 84.2 Å². The number of imidazole rings is 1. The number of halogens is 2. The summed E-state index contributed by atoms with van der Waals surface area (Å²) < 4.78 is 15.7. The minimum Gasteiger partial charge on any atom is -0.352 e. The first-order valence-corrected chi connectivity index (χ1v) is 8.02. The molecule has 0 bridgehead atoms. The maximum absolute atomic E-state index is 13.7. The number of nitrogens with one attached hydrogen (secondary N) is 2. The van der Waals surface area contributed by atoms with Gasteiger partial charge in [0.1, 0.15) is 5.82 Å². The van der Waals surface area contributed by atoms with Crippen LogP contribution in [-0.2, 0) is 13.1 Å². The first kappa shape index (κ1) is 19.9. The number of aromatic nitrogens is 2. The quantitative estimate of drug-likeness (QED) is 0.345. The Bertz CT molecular complexity index is 849. The number of hydrogen-bond acceptors (Lipinski definition) is 2. The van der Waals surface area contributed by atoms with Crippen molar-refractivity contribution >= 4 is 29.9 Å². The second-order valence-electron chi connectivity index (χ2n) is 5.47. The largest absolute Gasteiger partial charge is 0.352 e. The molecule has 2 N–H and O–H groups in total. The molecule has 0 aliphatic heterocycles. The van der Waals surface area contributed by atoms with E-state index in [9.17, 15) is 4.39 Å². The zero-order valence-corrected chi connectivity index (χ0v) is 16.7. The molecule has 3 rings (SSSR count). The lowest BCUT2D eigenvalue weighted by atomic mass is 10.1. The molecule has 5 nitrogen and oxygen atoms in total. The number of rotatable bonds is 5. The van der Waals surface area contributed by atoms with Gasteiger partial charge in [-0.3, -0.25) is 4.99 Å². The number of aliphatic imine (C=N–C) groups is 1. The monoisotopic (exact) mass is 465 g/mol. The third-order valence-electron chi connectivity index (χ3n) is 3.85.